The van der Waals surface area contributed by atoms with E-state index >= 15 is 8.78 Å². The summed E-state index contributed by atoms with van der Waals surface area (Å²) >= 11 is 0. The molecule has 2 aromatic heterocycles. The highest BCUT2D eigenvalue weighted by Gasteiger charge is 2.34. The molecule has 4 heterocycles. The summed E-state index contributed by atoms with van der Waals surface area (Å²) in [4.78, 5) is 27.4. The lowest BCUT2D eigenvalue weighted by molar-refractivity contribution is 0.146. The van der Waals surface area contributed by atoms with Gasteiger partial charge >= 0.3 is 12.2 Å². The minimum atomic E-state index is -0.722. The minimum Gasteiger partial charge on any atom is -0.442 e. The summed E-state index contributed by atoms with van der Waals surface area (Å²) in [5, 5.41) is 13.4. The number of hydrogen-bond donors (Lipinski definition) is 2. The summed E-state index contributed by atoms with van der Waals surface area (Å²) in [6.45, 7) is 0.950. The van der Waals surface area contributed by atoms with Crippen LogP contribution in [0.25, 0.3) is 11.1 Å². The van der Waals surface area contributed by atoms with E-state index in [4.69, 9.17) is 18.5 Å². The lowest BCUT2D eigenvalue weighted by Crippen LogP contribution is -2.27. The van der Waals surface area contributed by atoms with Gasteiger partial charge in [-0.1, -0.05) is 10.3 Å². The zero-order chi connectivity index (χ0) is 27.6. The molecular weight excluding hydrogens is 530 g/mol. The molecule has 2 aliphatic rings. The SMILES string of the molecule is O=C1OC(CNc2ccon2)CN1c1ccc(-c2ccc(N3C[C@H](CNc4ccon4)OC3=O)cc2F)c(F)c1. The fourth-order valence-corrected chi connectivity index (χ4v) is 4.50. The molecule has 206 valence electrons. The van der Waals surface area contributed by atoms with Crippen molar-refractivity contribution >= 4 is 35.2 Å². The zero-order valence-electron chi connectivity index (χ0n) is 20.8. The third kappa shape index (κ3) is 5.10. The molecule has 12 nitrogen and oxygen atoms in total. The number of aromatic nitrogens is 2. The zero-order valence-corrected chi connectivity index (χ0v) is 20.8. The van der Waals surface area contributed by atoms with E-state index in [0.29, 0.717) is 11.6 Å². The van der Waals surface area contributed by atoms with Gasteiger partial charge in [-0.15, -0.1) is 0 Å². The predicted molar refractivity (Wildman–Crippen MR) is 137 cm³/mol. The van der Waals surface area contributed by atoms with Gasteiger partial charge in [-0.25, -0.2) is 18.4 Å². The van der Waals surface area contributed by atoms with E-state index in [0.717, 1.165) is 12.1 Å². The van der Waals surface area contributed by atoms with Crippen LogP contribution in [0.2, 0.25) is 0 Å². The summed E-state index contributed by atoms with van der Waals surface area (Å²) in [5.41, 5.74) is 0.557. The fourth-order valence-electron chi connectivity index (χ4n) is 4.50. The van der Waals surface area contributed by atoms with E-state index in [1.807, 2.05) is 0 Å². The Morgan fingerprint density at radius 2 is 1.18 bits per heavy atom. The number of hydrogen-bond acceptors (Lipinski definition) is 10. The lowest BCUT2D eigenvalue weighted by Gasteiger charge is -2.16. The lowest BCUT2D eigenvalue weighted by atomic mass is 10.0. The summed E-state index contributed by atoms with van der Waals surface area (Å²) in [5.74, 6) is -0.444. The van der Waals surface area contributed by atoms with Crippen LogP contribution in [-0.2, 0) is 9.47 Å². The molecular formula is C26H22F2N6O6. The average molecular weight is 552 g/mol. The Morgan fingerprint density at radius 1 is 0.725 bits per heavy atom. The molecule has 6 rings (SSSR count). The smallest absolute Gasteiger partial charge is 0.414 e. The molecule has 14 heteroatoms. The highest BCUT2D eigenvalue weighted by Crippen LogP contribution is 2.33. The predicted octanol–water partition coefficient (Wildman–Crippen LogP) is 4.48. The van der Waals surface area contributed by atoms with Crippen LogP contribution in [0.15, 0.2) is 70.1 Å². The Kier molecular flexibility index (Phi) is 6.64. The van der Waals surface area contributed by atoms with Crippen LogP contribution in [0.4, 0.5) is 41.4 Å². The topological polar surface area (TPSA) is 135 Å². The van der Waals surface area contributed by atoms with Gasteiger partial charge in [-0.2, -0.15) is 0 Å². The number of halogens is 2. The molecule has 2 fully saturated rings. The first kappa shape index (κ1) is 25.2. The highest BCUT2D eigenvalue weighted by molar-refractivity contribution is 5.91. The number of cyclic esters (lactones) is 2. The number of benzene rings is 2. The molecule has 40 heavy (non-hydrogen) atoms. The van der Waals surface area contributed by atoms with Gasteiger partial charge in [0.2, 0.25) is 0 Å². The maximum absolute atomic E-state index is 15.2. The second-order valence-electron chi connectivity index (χ2n) is 9.09. The molecule has 2 N–H and O–H groups in total. The number of rotatable bonds is 9. The van der Waals surface area contributed by atoms with Gasteiger partial charge in [0.1, 0.15) is 36.4 Å². The standard InChI is InChI=1S/C26H22F2N6O6/c27-21-9-15(33-13-17(39-25(33)35)11-29-23-5-7-37-31-23)1-3-19(21)20-4-2-16(10-22(20)28)34-14-18(40-26(34)36)12-30-24-6-8-38-32-24/h1-10,17-18H,11-14H2,(H,29,31)(H,30,32)/t17-,18?/m0/s1. The molecule has 0 radical (unpaired) electrons. The van der Waals surface area contributed by atoms with Gasteiger partial charge in [-0.3, -0.25) is 9.80 Å². The highest BCUT2D eigenvalue weighted by atomic mass is 19.1. The Hall–Kier alpha value is -5.14. The summed E-state index contributed by atoms with van der Waals surface area (Å²) in [7, 11) is 0. The van der Waals surface area contributed by atoms with Gasteiger partial charge in [0.15, 0.2) is 11.6 Å². The van der Waals surface area contributed by atoms with Crippen molar-refractivity contribution in [1.29, 1.82) is 0 Å². The minimum absolute atomic E-state index is 0.00306. The average Bonchev–Trinajstić information content (AvgIpc) is 3.75. The van der Waals surface area contributed by atoms with Gasteiger partial charge in [0.05, 0.1) is 37.6 Å². The number of amides is 2. The normalized spacial score (nSPS) is 18.6. The molecule has 2 amide bonds. The number of nitrogens with one attached hydrogen (secondary N) is 2. The molecule has 0 spiro atoms. The molecule has 1 unspecified atom stereocenters. The van der Waals surface area contributed by atoms with Gasteiger partial charge in [-0.05, 0) is 36.4 Å². The second-order valence-corrected chi connectivity index (χ2v) is 9.09. The van der Waals surface area contributed by atoms with Crippen molar-refractivity contribution in [1.82, 2.24) is 10.3 Å². The van der Waals surface area contributed by atoms with E-state index < -0.39 is 36.0 Å². The van der Waals surface area contributed by atoms with E-state index in [-0.39, 0.29) is 48.7 Å². The van der Waals surface area contributed by atoms with E-state index in [1.165, 1.54) is 46.6 Å². The van der Waals surface area contributed by atoms with Gasteiger partial charge in [0, 0.05) is 23.3 Å². The van der Waals surface area contributed by atoms with Crippen LogP contribution in [0.5, 0.6) is 0 Å². The van der Waals surface area contributed by atoms with Crippen molar-refractivity contribution in [3.63, 3.8) is 0 Å². The Bertz CT molecular complexity index is 1400. The molecule has 2 atom stereocenters. The van der Waals surface area contributed by atoms with E-state index in [9.17, 15) is 9.59 Å². The maximum atomic E-state index is 15.2. The Labute approximate surface area is 225 Å². The van der Waals surface area contributed by atoms with Crippen molar-refractivity contribution < 1.29 is 36.9 Å². The molecule has 0 bridgehead atoms. The first-order valence-electron chi connectivity index (χ1n) is 12.3. The molecule has 2 saturated heterocycles. The maximum Gasteiger partial charge on any atom is 0.414 e. The Balaban J connectivity index is 1.11. The second kappa shape index (κ2) is 10.6. The van der Waals surface area contributed by atoms with Crippen LogP contribution in [0.3, 0.4) is 0 Å². The number of carbonyl (C=O) groups excluding carboxylic acids is 2. The summed E-state index contributed by atoms with van der Waals surface area (Å²) in [6, 6.07) is 11.4. The quantitative estimate of drug-likeness (QED) is 0.306. The van der Waals surface area contributed by atoms with Crippen molar-refractivity contribution in [3.8, 4) is 11.1 Å². The van der Waals surface area contributed by atoms with E-state index in [2.05, 4.69) is 20.9 Å². The van der Waals surface area contributed by atoms with Crippen molar-refractivity contribution in [2.24, 2.45) is 0 Å². The van der Waals surface area contributed by atoms with Crippen LogP contribution in [0.1, 0.15) is 0 Å². The van der Waals surface area contributed by atoms with Crippen molar-refractivity contribution in [2.75, 3.05) is 46.6 Å². The van der Waals surface area contributed by atoms with Gasteiger partial charge < -0.3 is 29.2 Å². The largest absolute Gasteiger partial charge is 0.442 e. The van der Waals surface area contributed by atoms with Crippen LogP contribution in [0, 0.1) is 11.6 Å². The van der Waals surface area contributed by atoms with Crippen LogP contribution >= 0.6 is 0 Å². The van der Waals surface area contributed by atoms with Crippen molar-refractivity contribution in [3.05, 3.63) is 72.7 Å². The number of anilines is 4. The van der Waals surface area contributed by atoms with Crippen molar-refractivity contribution in [2.45, 2.75) is 12.2 Å². The number of nitrogens with zero attached hydrogens (tertiary/aromatic N) is 4. The number of carbonyl (C=O) groups is 2. The molecule has 0 aliphatic carbocycles. The van der Waals surface area contributed by atoms with Crippen LogP contribution < -0.4 is 20.4 Å². The first-order chi connectivity index (χ1) is 19.4. The molecule has 4 aromatic rings. The third-order valence-electron chi connectivity index (χ3n) is 6.46. The van der Waals surface area contributed by atoms with Gasteiger partial charge in [0.25, 0.3) is 0 Å². The summed E-state index contributed by atoms with van der Waals surface area (Å²) < 4.78 is 50.5. The Morgan fingerprint density at radius 3 is 1.55 bits per heavy atom. The summed E-state index contributed by atoms with van der Waals surface area (Å²) in [6.07, 6.45) is 0.586. The van der Waals surface area contributed by atoms with E-state index in [1.54, 1.807) is 12.1 Å². The molecule has 0 saturated carbocycles. The number of ether oxygens (including phenoxy) is 2. The van der Waals surface area contributed by atoms with Crippen LogP contribution in [-0.4, -0.2) is 60.9 Å². The first-order valence-corrected chi connectivity index (χ1v) is 12.3. The monoisotopic (exact) mass is 552 g/mol. The molecule has 2 aliphatic heterocycles. The fraction of sp³-hybridized carbons (Fsp3) is 0.231. The molecule has 2 aromatic carbocycles. The third-order valence-corrected chi connectivity index (χ3v) is 6.46.